The molecule has 0 aliphatic carbocycles. The van der Waals surface area contributed by atoms with Gasteiger partial charge in [0.2, 0.25) is 0 Å². The second kappa shape index (κ2) is 9.50. The molecule has 4 rings (SSSR count). The van der Waals surface area contributed by atoms with Crippen molar-refractivity contribution < 1.29 is 26.0 Å². The quantitative estimate of drug-likeness (QED) is 0.353. The lowest BCUT2D eigenvalue weighted by atomic mass is 9.90. The maximum absolute atomic E-state index is 15.2. The van der Waals surface area contributed by atoms with Crippen LogP contribution in [0, 0.1) is 24.1 Å². The summed E-state index contributed by atoms with van der Waals surface area (Å²) in [7, 11) is -9.37. The van der Waals surface area contributed by atoms with Crippen molar-refractivity contribution in [3.05, 3.63) is 107 Å². The molecule has 3 aromatic carbocycles. The number of nitrogens with zero attached hydrogens (tertiary/aromatic N) is 1. The van der Waals surface area contributed by atoms with E-state index >= 15 is 4.39 Å². The van der Waals surface area contributed by atoms with Crippen LogP contribution in [0.15, 0.2) is 88.9 Å². The third-order valence-corrected chi connectivity index (χ3v) is 8.94. The van der Waals surface area contributed by atoms with Crippen LogP contribution in [0.2, 0.25) is 0 Å². The number of sulfonamides is 2. The number of rotatable bonds is 7. The van der Waals surface area contributed by atoms with E-state index in [4.69, 9.17) is 5.26 Å². The van der Waals surface area contributed by atoms with Crippen LogP contribution in [0.3, 0.4) is 0 Å². The number of aryl methyl sites for hydroxylation is 1. The Hall–Kier alpha value is -4.11. The van der Waals surface area contributed by atoms with E-state index in [9.17, 15) is 21.6 Å². The Bertz CT molecular complexity index is 1730. The van der Waals surface area contributed by atoms with Crippen LogP contribution in [0.1, 0.15) is 27.0 Å². The van der Waals surface area contributed by atoms with E-state index < -0.39 is 36.5 Å². The summed E-state index contributed by atoms with van der Waals surface area (Å²) in [4.78, 5) is 15.1. The Labute approximate surface area is 207 Å². The first-order valence-corrected chi connectivity index (χ1v) is 13.4. The first kappa shape index (κ1) is 25.0. The van der Waals surface area contributed by atoms with E-state index in [1.165, 1.54) is 42.6 Å². The lowest BCUT2D eigenvalue weighted by Gasteiger charge is -2.18. The predicted octanol–water partition coefficient (Wildman–Crippen LogP) is 3.90. The molecule has 0 atom stereocenters. The van der Waals surface area contributed by atoms with Crippen molar-refractivity contribution in [1.29, 1.82) is 5.26 Å². The number of nitrogens with one attached hydrogen (secondary N) is 2. The summed E-state index contributed by atoms with van der Waals surface area (Å²) in [5, 5.41) is 9.12. The highest BCUT2D eigenvalue weighted by Gasteiger charge is 2.32. The van der Waals surface area contributed by atoms with Crippen molar-refractivity contribution in [2.24, 2.45) is 0 Å². The molecule has 36 heavy (non-hydrogen) atoms. The van der Waals surface area contributed by atoms with Gasteiger partial charge in [0.15, 0.2) is 5.78 Å². The summed E-state index contributed by atoms with van der Waals surface area (Å²) in [6.45, 7) is 1.56. The van der Waals surface area contributed by atoms with Crippen molar-refractivity contribution in [1.82, 2.24) is 9.11 Å². The number of aromatic amines is 1. The molecule has 0 saturated carbocycles. The number of aromatic nitrogens is 1. The summed E-state index contributed by atoms with van der Waals surface area (Å²) in [6, 6.07) is 16.8. The highest BCUT2D eigenvalue weighted by molar-refractivity contribution is 8.04. The molecule has 0 radical (unpaired) electrons. The standard InChI is InChI=1S/C25H18FN3O5S2/c1-16-7-10-22(36(33,34)29-35(31,32)19-11-12-28-15-19)24(20-9-8-17(14-27)13-21(20)26)23(16)25(30)18-5-3-2-4-6-18/h2-13,15,28-29H,1H3. The molecule has 1 heterocycles. The number of carbonyl (C=O) groups is 1. The fourth-order valence-electron chi connectivity index (χ4n) is 3.71. The Balaban J connectivity index is 2.01. The number of halogens is 1. The number of nitriles is 1. The van der Waals surface area contributed by atoms with Gasteiger partial charge in [-0.05, 0) is 36.8 Å². The number of ketones is 1. The number of benzene rings is 3. The van der Waals surface area contributed by atoms with Gasteiger partial charge in [-0.15, -0.1) is 4.13 Å². The van der Waals surface area contributed by atoms with Gasteiger partial charge < -0.3 is 4.98 Å². The number of H-pyrrole nitrogens is 1. The molecule has 2 N–H and O–H groups in total. The second-order valence-corrected chi connectivity index (χ2v) is 11.4. The van der Waals surface area contributed by atoms with Crippen LogP contribution in [0.25, 0.3) is 11.1 Å². The summed E-state index contributed by atoms with van der Waals surface area (Å²) in [6.07, 6.45) is 2.40. The zero-order valence-electron chi connectivity index (χ0n) is 18.7. The predicted molar refractivity (Wildman–Crippen MR) is 129 cm³/mol. The van der Waals surface area contributed by atoms with Gasteiger partial charge in [0, 0.05) is 34.6 Å². The van der Waals surface area contributed by atoms with E-state index in [0.717, 1.165) is 18.3 Å². The SMILES string of the molecule is Cc1ccc(S(=O)(=O)NS(=O)(=O)c2cc[nH]c2)c(-c2ccc(C#N)cc2F)c1C(=O)c1ccccc1. The van der Waals surface area contributed by atoms with E-state index in [1.807, 2.05) is 0 Å². The third-order valence-electron chi connectivity index (χ3n) is 5.39. The van der Waals surface area contributed by atoms with Gasteiger partial charge in [-0.25, -0.2) is 21.2 Å². The Morgan fingerprint density at radius 1 is 0.972 bits per heavy atom. The van der Waals surface area contributed by atoms with Crippen molar-refractivity contribution in [3.8, 4) is 17.2 Å². The molecule has 0 aliphatic rings. The summed E-state index contributed by atoms with van der Waals surface area (Å²) < 4.78 is 69.1. The lowest BCUT2D eigenvalue weighted by molar-refractivity contribution is 0.103. The zero-order chi connectivity index (χ0) is 26.1. The van der Waals surface area contributed by atoms with Gasteiger partial charge >= 0.3 is 0 Å². The molecule has 0 bridgehead atoms. The Kier molecular flexibility index (Phi) is 6.60. The number of carbonyl (C=O) groups excluding carboxylic acids is 1. The number of hydrogen-bond donors (Lipinski definition) is 2. The van der Waals surface area contributed by atoms with E-state index in [1.54, 1.807) is 35.3 Å². The minimum absolute atomic E-state index is 0.0163. The van der Waals surface area contributed by atoms with Crippen LogP contribution in [0.4, 0.5) is 4.39 Å². The molecule has 0 amide bonds. The normalized spacial score (nSPS) is 11.7. The van der Waals surface area contributed by atoms with Gasteiger partial charge in [-0.2, -0.15) is 5.26 Å². The van der Waals surface area contributed by atoms with Gasteiger partial charge in [-0.1, -0.05) is 42.5 Å². The van der Waals surface area contributed by atoms with Crippen molar-refractivity contribution in [3.63, 3.8) is 0 Å². The molecule has 0 spiro atoms. The van der Waals surface area contributed by atoms with Crippen LogP contribution < -0.4 is 4.13 Å². The summed E-state index contributed by atoms with van der Waals surface area (Å²) in [5.74, 6) is -1.54. The van der Waals surface area contributed by atoms with E-state index in [0.29, 0.717) is 5.56 Å². The molecule has 0 unspecified atom stereocenters. The molecule has 182 valence electrons. The Morgan fingerprint density at radius 2 is 1.69 bits per heavy atom. The highest BCUT2D eigenvalue weighted by atomic mass is 32.3. The fraction of sp³-hybridized carbons (Fsp3) is 0.0400. The Morgan fingerprint density at radius 3 is 2.31 bits per heavy atom. The molecule has 8 nitrogen and oxygen atoms in total. The third kappa shape index (κ3) is 4.70. The number of hydrogen-bond acceptors (Lipinski definition) is 6. The fourth-order valence-corrected chi connectivity index (χ4v) is 6.80. The minimum Gasteiger partial charge on any atom is -0.366 e. The van der Waals surface area contributed by atoms with Crippen LogP contribution in [0.5, 0.6) is 0 Å². The van der Waals surface area contributed by atoms with Crippen molar-refractivity contribution in [2.45, 2.75) is 16.7 Å². The van der Waals surface area contributed by atoms with Gasteiger partial charge in [0.05, 0.1) is 16.5 Å². The minimum atomic E-state index is -4.85. The maximum atomic E-state index is 15.2. The molecule has 11 heteroatoms. The smallest absolute Gasteiger partial charge is 0.255 e. The highest BCUT2D eigenvalue weighted by Crippen LogP contribution is 2.36. The summed E-state index contributed by atoms with van der Waals surface area (Å²) >= 11 is 0. The largest absolute Gasteiger partial charge is 0.366 e. The van der Waals surface area contributed by atoms with E-state index in [-0.39, 0.29) is 32.7 Å². The van der Waals surface area contributed by atoms with Crippen molar-refractivity contribution in [2.75, 3.05) is 0 Å². The first-order valence-electron chi connectivity index (χ1n) is 10.4. The average Bonchev–Trinajstić information content (AvgIpc) is 3.39. The molecular weight excluding hydrogens is 505 g/mol. The molecule has 0 aliphatic heterocycles. The first-order chi connectivity index (χ1) is 17.0. The van der Waals surface area contributed by atoms with Gasteiger partial charge in [-0.3, -0.25) is 4.79 Å². The maximum Gasteiger partial charge on any atom is 0.255 e. The second-order valence-electron chi connectivity index (χ2n) is 7.77. The van der Waals surface area contributed by atoms with E-state index in [2.05, 4.69) is 4.98 Å². The zero-order valence-corrected chi connectivity index (χ0v) is 20.3. The summed E-state index contributed by atoms with van der Waals surface area (Å²) in [5.41, 5.74) is -0.170. The molecule has 0 fully saturated rings. The van der Waals surface area contributed by atoms with Gasteiger partial charge in [0.1, 0.15) is 10.7 Å². The van der Waals surface area contributed by atoms with Gasteiger partial charge in [0.25, 0.3) is 20.0 Å². The topological polar surface area (TPSA) is 137 Å². The average molecular weight is 524 g/mol. The molecule has 1 aromatic heterocycles. The molecule has 0 saturated heterocycles. The lowest BCUT2D eigenvalue weighted by Crippen LogP contribution is -2.31. The van der Waals surface area contributed by atoms with Crippen LogP contribution in [-0.2, 0) is 20.0 Å². The van der Waals surface area contributed by atoms with Crippen LogP contribution in [-0.4, -0.2) is 27.6 Å². The molecular formula is C25H18FN3O5S2. The van der Waals surface area contributed by atoms with Crippen molar-refractivity contribution >= 4 is 25.8 Å². The monoisotopic (exact) mass is 523 g/mol. The molecule has 4 aromatic rings. The van der Waals surface area contributed by atoms with Crippen LogP contribution >= 0.6 is 0 Å².